The number of amides is 2. The number of carboxylic acid groups (broad SMARTS) is 1. The van der Waals surface area contributed by atoms with Crippen molar-refractivity contribution in [2.24, 2.45) is 5.92 Å². The van der Waals surface area contributed by atoms with Crippen LogP contribution in [0.15, 0.2) is 29.2 Å². The predicted octanol–water partition coefficient (Wildman–Crippen LogP) is 0.538. The molecule has 38 heavy (non-hydrogen) atoms. The zero-order chi connectivity index (χ0) is 28.0. The summed E-state index contributed by atoms with van der Waals surface area (Å²) in [5, 5.41) is 24.9. The van der Waals surface area contributed by atoms with Crippen molar-refractivity contribution < 1.29 is 42.6 Å². The van der Waals surface area contributed by atoms with E-state index >= 15 is 0 Å². The molecule has 2 saturated heterocycles. The third-order valence-corrected chi connectivity index (χ3v) is 8.01. The molecule has 2 fully saturated rings. The van der Waals surface area contributed by atoms with Gasteiger partial charge in [-0.15, -0.1) is 0 Å². The number of ketones is 1. The summed E-state index contributed by atoms with van der Waals surface area (Å²) in [7, 11) is -3.38. The number of aliphatic hydroxyl groups is 1. The van der Waals surface area contributed by atoms with Crippen LogP contribution in [0.2, 0.25) is 0 Å². The molecule has 1 unspecified atom stereocenters. The van der Waals surface area contributed by atoms with Crippen LogP contribution < -0.4 is 5.32 Å². The average molecular weight is 552 g/mol. The van der Waals surface area contributed by atoms with Gasteiger partial charge >= 0.3 is 5.97 Å². The molecule has 0 saturated carbocycles. The number of carbonyl (C=O) groups is 5. The molecule has 2 heterocycles. The second kappa shape index (κ2) is 12.6. The minimum absolute atomic E-state index is 0.113. The lowest BCUT2D eigenvalue weighted by atomic mass is 9.93. The summed E-state index contributed by atoms with van der Waals surface area (Å²) in [6.07, 6.45) is 1.57. The maximum Gasteiger partial charge on any atom is 0.305 e. The first-order chi connectivity index (χ1) is 17.9. The molecule has 2 aliphatic heterocycles. The van der Waals surface area contributed by atoms with Crippen molar-refractivity contribution in [1.82, 2.24) is 15.3 Å². The molecule has 0 aromatic heterocycles. The highest BCUT2D eigenvalue weighted by Gasteiger charge is 2.44. The maximum absolute atomic E-state index is 13.5. The van der Waals surface area contributed by atoms with Crippen LogP contribution in [-0.2, 0) is 29.0 Å². The summed E-state index contributed by atoms with van der Waals surface area (Å²) in [4.78, 5) is 61.3. The molecule has 0 bridgehead atoms. The molecule has 0 spiro atoms. The van der Waals surface area contributed by atoms with Crippen molar-refractivity contribution in [3.8, 4) is 0 Å². The largest absolute Gasteiger partial charge is 0.481 e. The summed E-state index contributed by atoms with van der Waals surface area (Å²) in [6, 6.07) is 3.62. The van der Waals surface area contributed by atoms with E-state index in [9.17, 15) is 37.5 Å². The quantitative estimate of drug-likeness (QED) is 0.189. The fraction of sp³-hybridized carbons (Fsp3) is 0.560. The Hall–Kier alpha value is -3.16. The monoisotopic (exact) mass is 551 g/mol. The number of aliphatic carboxylic acids is 1. The molecule has 0 radical (unpaired) electrons. The van der Waals surface area contributed by atoms with Gasteiger partial charge in [0.15, 0.2) is 15.6 Å². The molecule has 1 aromatic rings. The Kier molecular flexibility index (Phi) is 9.74. The summed E-state index contributed by atoms with van der Waals surface area (Å²) in [5.41, 5.74) is 0.363. The zero-order valence-corrected chi connectivity index (χ0v) is 21.9. The molecular weight excluding hydrogens is 518 g/mol. The molecule has 2 amide bonds. The number of rotatable bonds is 12. The third kappa shape index (κ3) is 7.23. The summed E-state index contributed by atoms with van der Waals surface area (Å²) < 4.78 is 23.2. The molecular formula is C25H33N3O9S. The number of carboxylic acids is 1. The van der Waals surface area contributed by atoms with E-state index < -0.39 is 46.5 Å². The number of nitrogens with one attached hydrogen (secondary N) is 1. The number of fused-ring (bicyclic) bond motifs is 1. The molecule has 208 valence electrons. The molecule has 2 aliphatic rings. The van der Waals surface area contributed by atoms with Crippen LogP contribution in [0.25, 0.3) is 0 Å². The van der Waals surface area contributed by atoms with E-state index in [0.717, 1.165) is 6.26 Å². The van der Waals surface area contributed by atoms with Crippen LogP contribution >= 0.6 is 0 Å². The standard InChI is InChI=1S/C25H33N3O9S/c1-38(36,37)19-10-7-16(8-11-19)21(30)6-2-4-17-9-12-22(31)27-13-3-5-20(28(27)25(17)35)24(34)26-18(15-29)14-23(32)33/h7-8,10-11,15,17-18,20,24,26,34H,2-6,9,12-14H2,1H3,(H,32,33)/t17-,18-,20-,24?/m0/s1. The summed E-state index contributed by atoms with van der Waals surface area (Å²) in [5.74, 6) is -2.63. The van der Waals surface area contributed by atoms with Crippen LogP contribution in [0.1, 0.15) is 61.7 Å². The molecule has 3 N–H and O–H groups in total. The van der Waals surface area contributed by atoms with Crippen molar-refractivity contribution in [2.45, 2.75) is 74.6 Å². The second-order valence-corrected chi connectivity index (χ2v) is 11.7. The van der Waals surface area contributed by atoms with Gasteiger partial charge in [0.2, 0.25) is 11.8 Å². The second-order valence-electron chi connectivity index (χ2n) is 9.71. The van der Waals surface area contributed by atoms with Gasteiger partial charge in [-0.3, -0.25) is 29.5 Å². The lowest BCUT2D eigenvalue weighted by Crippen LogP contribution is -2.64. The molecule has 3 rings (SSSR count). The SMILES string of the molecule is CS(=O)(=O)c1ccc(C(=O)CCC[C@H]2CCC(=O)N3CCC[C@@H](C(O)N[C@H](C=O)CC(=O)O)N3C2=O)cc1. The first-order valence-corrected chi connectivity index (χ1v) is 14.4. The fourth-order valence-electron chi connectivity index (χ4n) is 4.89. The van der Waals surface area contributed by atoms with Crippen LogP contribution in [-0.4, -0.2) is 89.6 Å². The summed E-state index contributed by atoms with van der Waals surface area (Å²) in [6.45, 7) is 0.300. The number of hydrazine groups is 1. The number of hydrogen-bond donors (Lipinski definition) is 3. The van der Waals surface area contributed by atoms with Crippen LogP contribution in [0.5, 0.6) is 0 Å². The molecule has 1 aromatic carbocycles. The van der Waals surface area contributed by atoms with Gasteiger partial charge in [-0.1, -0.05) is 12.1 Å². The van der Waals surface area contributed by atoms with Crippen molar-refractivity contribution in [2.75, 3.05) is 12.8 Å². The number of benzene rings is 1. The normalized spacial score (nSPS) is 21.8. The van der Waals surface area contributed by atoms with Gasteiger partial charge in [-0.05, 0) is 44.2 Å². The van der Waals surface area contributed by atoms with Crippen LogP contribution in [0.4, 0.5) is 0 Å². The van der Waals surface area contributed by atoms with E-state index in [1.807, 2.05) is 0 Å². The number of Topliss-reactive ketones (excluding diaryl/α,β-unsaturated/α-hetero) is 1. The third-order valence-electron chi connectivity index (χ3n) is 6.88. The molecule has 12 nitrogen and oxygen atoms in total. The highest BCUT2D eigenvalue weighted by atomic mass is 32.2. The topological polar surface area (TPSA) is 178 Å². The Labute approximate surface area is 220 Å². The van der Waals surface area contributed by atoms with E-state index in [-0.39, 0.29) is 41.8 Å². The van der Waals surface area contributed by atoms with E-state index in [1.54, 1.807) is 0 Å². The smallest absolute Gasteiger partial charge is 0.305 e. The van der Waals surface area contributed by atoms with Gasteiger partial charge in [-0.25, -0.2) is 13.4 Å². The van der Waals surface area contributed by atoms with Gasteiger partial charge < -0.3 is 15.0 Å². The maximum atomic E-state index is 13.5. The van der Waals surface area contributed by atoms with E-state index in [2.05, 4.69) is 5.32 Å². The van der Waals surface area contributed by atoms with Crippen molar-refractivity contribution >= 4 is 39.7 Å². The number of nitrogens with zero attached hydrogens (tertiary/aromatic N) is 2. The average Bonchev–Trinajstić information content (AvgIpc) is 2.99. The van der Waals surface area contributed by atoms with E-state index in [4.69, 9.17) is 5.11 Å². The fourth-order valence-corrected chi connectivity index (χ4v) is 5.52. The Morgan fingerprint density at radius 2 is 1.87 bits per heavy atom. The highest BCUT2D eigenvalue weighted by Crippen LogP contribution is 2.31. The Morgan fingerprint density at radius 3 is 2.47 bits per heavy atom. The van der Waals surface area contributed by atoms with Crippen LogP contribution in [0.3, 0.4) is 0 Å². The number of hydrogen-bond acceptors (Lipinski definition) is 9. The number of sulfone groups is 1. The minimum atomic E-state index is -3.38. The lowest BCUT2D eigenvalue weighted by Gasteiger charge is -2.45. The van der Waals surface area contributed by atoms with Gasteiger partial charge in [0, 0.05) is 37.1 Å². The van der Waals surface area contributed by atoms with Gasteiger partial charge in [-0.2, -0.15) is 0 Å². The number of aliphatic hydroxyl groups excluding tert-OH is 1. The molecule has 0 aliphatic carbocycles. The minimum Gasteiger partial charge on any atom is -0.481 e. The molecule has 4 atom stereocenters. The Bertz CT molecular complexity index is 1170. The summed E-state index contributed by atoms with van der Waals surface area (Å²) >= 11 is 0. The van der Waals surface area contributed by atoms with Gasteiger partial charge in [0.25, 0.3) is 0 Å². The van der Waals surface area contributed by atoms with Crippen LogP contribution in [0, 0.1) is 5.92 Å². The first kappa shape index (κ1) is 29.4. The van der Waals surface area contributed by atoms with E-state index in [1.165, 1.54) is 34.3 Å². The molecule has 13 heteroatoms. The Morgan fingerprint density at radius 1 is 1.18 bits per heavy atom. The van der Waals surface area contributed by atoms with E-state index in [0.29, 0.717) is 44.1 Å². The van der Waals surface area contributed by atoms with Crippen molar-refractivity contribution in [3.05, 3.63) is 29.8 Å². The number of aldehydes is 1. The number of carbonyl (C=O) groups excluding carboxylic acids is 4. The van der Waals surface area contributed by atoms with Gasteiger partial charge in [0.1, 0.15) is 12.5 Å². The van der Waals surface area contributed by atoms with Crippen molar-refractivity contribution in [3.63, 3.8) is 0 Å². The predicted molar refractivity (Wildman–Crippen MR) is 133 cm³/mol. The lowest BCUT2D eigenvalue weighted by molar-refractivity contribution is -0.182. The highest BCUT2D eigenvalue weighted by molar-refractivity contribution is 7.90. The van der Waals surface area contributed by atoms with Crippen molar-refractivity contribution in [1.29, 1.82) is 0 Å². The first-order valence-electron chi connectivity index (χ1n) is 12.5. The van der Waals surface area contributed by atoms with Gasteiger partial charge in [0.05, 0.1) is 23.4 Å². The Balaban J connectivity index is 1.66. The zero-order valence-electron chi connectivity index (χ0n) is 21.1.